The highest BCUT2D eigenvalue weighted by Gasteiger charge is 2.30. The molecule has 0 aliphatic carbocycles. The fourth-order valence-corrected chi connectivity index (χ4v) is 3.13. The Bertz CT molecular complexity index is 449. The topological polar surface area (TPSA) is 67.1 Å². The lowest BCUT2D eigenvalue weighted by atomic mass is 9.96. The molecule has 5 heteroatoms. The van der Waals surface area contributed by atoms with Crippen LogP contribution in [0.1, 0.15) is 55.6 Å². The van der Waals surface area contributed by atoms with Gasteiger partial charge in [-0.05, 0) is 32.2 Å². The third-order valence-corrected chi connectivity index (χ3v) is 4.07. The molecule has 2 N–H and O–H groups in total. The summed E-state index contributed by atoms with van der Waals surface area (Å²) in [6.07, 6.45) is 6.99. The lowest BCUT2D eigenvalue weighted by Crippen LogP contribution is -2.31. The van der Waals surface area contributed by atoms with E-state index in [1.54, 1.807) is 6.20 Å². The van der Waals surface area contributed by atoms with Gasteiger partial charge in [-0.15, -0.1) is 0 Å². The van der Waals surface area contributed by atoms with Crippen molar-refractivity contribution < 1.29 is 9.90 Å². The number of nitrogens with one attached hydrogen (secondary N) is 1. The van der Waals surface area contributed by atoms with Crippen molar-refractivity contribution in [1.82, 2.24) is 14.9 Å². The molecule has 2 unspecified atom stereocenters. The number of aliphatic carboxylic acids is 1. The van der Waals surface area contributed by atoms with Gasteiger partial charge >= 0.3 is 5.97 Å². The Morgan fingerprint density at radius 1 is 1.39 bits per heavy atom. The van der Waals surface area contributed by atoms with Gasteiger partial charge in [-0.2, -0.15) is 0 Å². The van der Waals surface area contributed by atoms with Crippen molar-refractivity contribution in [2.24, 2.45) is 0 Å². The average molecular weight is 249 g/mol. The van der Waals surface area contributed by atoms with Gasteiger partial charge in [0.2, 0.25) is 0 Å². The van der Waals surface area contributed by atoms with Crippen LogP contribution in [0.25, 0.3) is 0 Å². The Labute approximate surface area is 106 Å². The molecule has 2 atom stereocenters. The van der Waals surface area contributed by atoms with Crippen LogP contribution in [0.3, 0.4) is 0 Å². The first kappa shape index (κ1) is 11.7. The Balaban J connectivity index is 1.91. The first-order chi connectivity index (χ1) is 8.77. The standard InChI is InChI=1S/C13H19N3O2/c17-13(18)9-4-3-7-16-11(9)8-15-12(16)10-5-1-2-6-14-10/h8-10,14H,1-7H2,(H,17,18). The van der Waals surface area contributed by atoms with Gasteiger partial charge in [0.25, 0.3) is 0 Å². The molecule has 2 aliphatic rings. The molecule has 1 aromatic heterocycles. The molecule has 0 radical (unpaired) electrons. The highest BCUT2D eigenvalue weighted by molar-refractivity contribution is 5.75. The zero-order valence-corrected chi connectivity index (χ0v) is 10.4. The number of aromatic nitrogens is 2. The first-order valence-corrected chi connectivity index (χ1v) is 6.79. The molecule has 1 saturated heterocycles. The van der Waals surface area contributed by atoms with Crippen LogP contribution in [0.5, 0.6) is 0 Å². The van der Waals surface area contributed by atoms with E-state index >= 15 is 0 Å². The molecule has 0 bridgehead atoms. The van der Waals surface area contributed by atoms with E-state index in [2.05, 4.69) is 14.9 Å². The molecule has 0 aromatic carbocycles. The zero-order chi connectivity index (χ0) is 12.5. The fourth-order valence-electron chi connectivity index (χ4n) is 3.13. The van der Waals surface area contributed by atoms with Crippen molar-refractivity contribution in [3.8, 4) is 0 Å². The second-order valence-corrected chi connectivity index (χ2v) is 5.23. The second-order valence-electron chi connectivity index (χ2n) is 5.23. The van der Waals surface area contributed by atoms with Gasteiger partial charge in [-0.3, -0.25) is 4.79 Å². The number of carboxylic acids is 1. The minimum Gasteiger partial charge on any atom is -0.481 e. The van der Waals surface area contributed by atoms with Gasteiger partial charge in [0, 0.05) is 12.7 Å². The molecule has 5 nitrogen and oxygen atoms in total. The molecule has 3 heterocycles. The van der Waals surface area contributed by atoms with Gasteiger partial charge in [0.05, 0.1) is 17.7 Å². The molecule has 0 saturated carbocycles. The lowest BCUT2D eigenvalue weighted by molar-refractivity contribution is -0.139. The highest BCUT2D eigenvalue weighted by Crippen LogP contribution is 2.32. The molecule has 1 fully saturated rings. The van der Waals surface area contributed by atoms with E-state index < -0.39 is 5.97 Å². The summed E-state index contributed by atoms with van der Waals surface area (Å²) < 4.78 is 2.13. The third-order valence-electron chi connectivity index (χ3n) is 4.07. The van der Waals surface area contributed by atoms with Crippen LogP contribution in [0, 0.1) is 0 Å². The van der Waals surface area contributed by atoms with Crippen molar-refractivity contribution in [2.75, 3.05) is 6.54 Å². The van der Waals surface area contributed by atoms with Gasteiger partial charge in [-0.25, -0.2) is 4.98 Å². The van der Waals surface area contributed by atoms with Crippen molar-refractivity contribution in [3.63, 3.8) is 0 Å². The maximum Gasteiger partial charge on any atom is 0.312 e. The number of fused-ring (bicyclic) bond motifs is 1. The Kier molecular flexibility index (Phi) is 3.07. The number of nitrogens with zero attached hydrogens (tertiary/aromatic N) is 2. The van der Waals surface area contributed by atoms with Crippen LogP contribution >= 0.6 is 0 Å². The van der Waals surface area contributed by atoms with Crippen molar-refractivity contribution >= 4 is 5.97 Å². The molecular formula is C13H19N3O2. The summed E-state index contributed by atoms with van der Waals surface area (Å²) >= 11 is 0. The Morgan fingerprint density at radius 3 is 3.00 bits per heavy atom. The maximum atomic E-state index is 11.2. The summed E-state index contributed by atoms with van der Waals surface area (Å²) in [7, 11) is 0. The Hall–Kier alpha value is -1.36. The van der Waals surface area contributed by atoms with Crippen LogP contribution in [0.15, 0.2) is 6.20 Å². The predicted molar refractivity (Wildman–Crippen MR) is 66.4 cm³/mol. The van der Waals surface area contributed by atoms with Crippen molar-refractivity contribution in [2.45, 2.75) is 50.6 Å². The van der Waals surface area contributed by atoms with E-state index in [0.29, 0.717) is 6.04 Å². The van der Waals surface area contributed by atoms with E-state index in [9.17, 15) is 9.90 Å². The summed E-state index contributed by atoms with van der Waals surface area (Å²) in [6, 6.07) is 0.306. The largest absolute Gasteiger partial charge is 0.481 e. The third kappa shape index (κ3) is 1.92. The average Bonchev–Trinajstić information content (AvgIpc) is 2.83. The zero-order valence-electron chi connectivity index (χ0n) is 10.4. The van der Waals surface area contributed by atoms with Crippen molar-refractivity contribution in [3.05, 3.63) is 17.7 Å². The molecule has 0 spiro atoms. The smallest absolute Gasteiger partial charge is 0.312 e. The van der Waals surface area contributed by atoms with E-state index in [4.69, 9.17) is 0 Å². The lowest BCUT2D eigenvalue weighted by Gasteiger charge is -2.27. The summed E-state index contributed by atoms with van der Waals surface area (Å²) in [5.41, 5.74) is 0.885. The SMILES string of the molecule is O=C(O)C1CCCn2c1cnc2C1CCCCN1. The van der Waals surface area contributed by atoms with Gasteiger partial charge in [-0.1, -0.05) is 6.42 Å². The summed E-state index contributed by atoms with van der Waals surface area (Å²) in [5.74, 6) is -0.0572. The van der Waals surface area contributed by atoms with Crippen LogP contribution in [0.2, 0.25) is 0 Å². The number of rotatable bonds is 2. The summed E-state index contributed by atoms with van der Waals surface area (Å²) in [5, 5.41) is 12.7. The summed E-state index contributed by atoms with van der Waals surface area (Å²) in [6.45, 7) is 1.95. The fraction of sp³-hybridized carbons (Fsp3) is 0.692. The van der Waals surface area contributed by atoms with Gasteiger partial charge < -0.3 is 15.0 Å². The van der Waals surface area contributed by atoms with E-state index in [-0.39, 0.29) is 5.92 Å². The quantitative estimate of drug-likeness (QED) is 0.836. The maximum absolute atomic E-state index is 11.2. The minimum atomic E-state index is -0.723. The molecule has 2 aliphatic heterocycles. The minimum absolute atomic E-state index is 0.306. The van der Waals surface area contributed by atoms with Crippen LogP contribution < -0.4 is 5.32 Å². The Morgan fingerprint density at radius 2 is 2.28 bits per heavy atom. The van der Waals surface area contributed by atoms with Crippen LogP contribution in [-0.4, -0.2) is 27.2 Å². The van der Waals surface area contributed by atoms with Crippen molar-refractivity contribution in [1.29, 1.82) is 0 Å². The summed E-state index contributed by atoms with van der Waals surface area (Å²) in [4.78, 5) is 15.7. The van der Waals surface area contributed by atoms with Gasteiger partial charge in [0.1, 0.15) is 5.82 Å². The molecule has 18 heavy (non-hydrogen) atoms. The normalized spacial score (nSPS) is 27.8. The highest BCUT2D eigenvalue weighted by atomic mass is 16.4. The number of hydrogen-bond acceptors (Lipinski definition) is 3. The molecule has 0 amide bonds. The molecule has 3 rings (SSSR count). The monoisotopic (exact) mass is 249 g/mol. The number of piperidine rings is 1. The number of carboxylic acid groups (broad SMARTS) is 1. The predicted octanol–water partition coefficient (Wildman–Crippen LogP) is 1.66. The number of imidazole rings is 1. The van der Waals surface area contributed by atoms with Crippen LogP contribution in [-0.2, 0) is 11.3 Å². The molecule has 1 aromatic rings. The van der Waals surface area contributed by atoms with E-state index in [1.165, 1.54) is 12.8 Å². The van der Waals surface area contributed by atoms with E-state index in [1.807, 2.05) is 0 Å². The number of hydrogen-bond donors (Lipinski definition) is 2. The molecule has 98 valence electrons. The molecular weight excluding hydrogens is 230 g/mol. The first-order valence-electron chi connectivity index (χ1n) is 6.79. The second kappa shape index (κ2) is 4.72. The number of carbonyl (C=O) groups is 1. The van der Waals surface area contributed by atoms with Crippen LogP contribution in [0.4, 0.5) is 0 Å². The van der Waals surface area contributed by atoms with E-state index in [0.717, 1.165) is 43.9 Å². The van der Waals surface area contributed by atoms with Gasteiger partial charge in [0.15, 0.2) is 0 Å².